The molecule has 0 bridgehead atoms. The number of anilines is 1. The van der Waals surface area contributed by atoms with Gasteiger partial charge in [0, 0.05) is 28.6 Å². The number of nitrogens with zero attached hydrogens (tertiary/aromatic N) is 1. The maximum absolute atomic E-state index is 6.01. The van der Waals surface area contributed by atoms with Crippen molar-refractivity contribution >= 4 is 33.2 Å². The molecule has 0 aliphatic heterocycles. The van der Waals surface area contributed by atoms with Crippen LogP contribution in [0, 0.1) is 0 Å². The van der Waals surface area contributed by atoms with Crippen LogP contribution in [0.4, 0.5) is 5.69 Å². The summed E-state index contributed by atoms with van der Waals surface area (Å²) in [5, 5.41) is 1.62. The second kappa shape index (κ2) is 5.42. The van der Waals surface area contributed by atoms with Crippen LogP contribution < -0.4 is 4.90 Å². The Bertz CT molecular complexity index is 363. The van der Waals surface area contributed by atoms with Crippen LogP contribution in [-0.2, 0) is 5.33 Å². The third kappa shape index (κ3) is 2.92. The zero-order valence-corrected chi connectivity index (χ0v) is 12.7. The van der Waals surface area contributed by atoms with Gasteiger partial charge in [0.05, 0.1) is 0 Å². The van der Waals surface area contributed by atoms with E-state index in [1.54, 1.807) is 0 Å². The van der Waals surface area contributed by atoms with Gasteiger partial charge in [-0.25, -0.2) is 0 Å². The molecule has 1 aromatic rings. The Morgan fingerprint density at radius 3 is 2.50 bits per heavy atom. The molecule has 3 heteroatoms. The molecule has 0 spiro atoms. The van der Waals surface area contributed by atoms with Crippen LogP contribution in [0.1, 0.15) is 32.8 Å². The standard InChI is InChI=1S/C13H19BrClN/c1-5-13(2,3)16(4)12-7-6-11(15)8-10(12)9-14/h6-8H,5,9H2,1-4H3. The highest BCUT2D eigenvalue weighted by molar-refractivity contribution is 9.08. The summed E-state index contributed by atoms with van der Waals surface area (Å²) in [6.45, 7) is 6.71. The van der Waals surface area contributed by atoms with Crippen LogP contribution in [0.25, 0.3) is 0 Å². The molecule has 1 rings (SSSR count). The number of halogens is 2. The average Bonchev–Trinajstić information content (AvgIpc) is 2.27. The van der Waals surface area contributed by atoms with E-state index < -0.39 is 0 Å². The molecule has 0 saturated heterocycles. The lowest BCUT2D eigenvalue weighted by molar-refractivity contribution is 0.470. The molecular formula is C13H19BrClN. The van der Waals surface area contributed by atoms with Crippen molar-refractivity contribution in [1.29, 1.82) is 0 Å². The minimum Gasteiger partial charge on any atom is -0.369 e. The topological polar surface area (TPSA) is 3.24 Å². The first-order valence-electron chi connectivity index (χ1n) is 5.50. The van der Waals surface area contributed by atoms with Crippen molar-refractivity contribution in [2.24, 2.45) is 0 Å². The van der Waals surface area contributed by atoms with E-state index in [0.29, 0.717) is 0 Å². The fourth-order valence-electron chi connectivity index (χ4n) is 1.55. The SMILES string of the molecule is CCC(C)(C)N(C)c1ccc(Cl)cc1CBr. The lowest BCUT2D eigenvalue weighted by atomic mass is 9.98. The van der Waals surface area contributed by atoms with E-state index in [2.05, 4.69) is 54.7 Å². The second-order valence-electron chi connectivity index (χ2n) is 4.63. The first-order valence-corrected chi connectivity index (χ1v) is 7.00. The van der Waals surface area contributed by atoms with Gasteiger partial charge in [-0.15, -0.1) is 0 Å². The normalized spacial score (nSPS) is 11.6. The Morgan fingerprint density at radius 2 is 2.00 bits per heavy atom. The van der Waals surface area contributed by atoms with E-state index in [9.17, 15) is 0 Å². The summed E-state index contributed by atoms with van der Waals surface area (Å²) in [5.74, 6) is 0. The van der Waals surface area contributed by atoms with Gasteiger partial charge in [0.1, 0.15) is 0 Å². The molecule has 0 fully saturated rings. The largest absolute Gasteiger partial charge is 0.369 e. The second-order valence-corrected chi connectivity index (χ2v) is 5.63. The molecule has 0 radical (unpaired) electrons. The zero-order chi connectivity index (χ0) is 12.3. The van der Waals surface area contributed by atoms with Gasteiger partial charge in [-0.2, -0.15) is 0 Å². The fraction of sp³-hybridized carbons (Fsp3) is 0.538. The summed E-state index contributed by atoms with van der Waals surface area (Å²) in [5.41, 5.74) is 2.63. The lowest BCUT2D eigenvalue weighted by Crippen LogP contribution is -2.41. The van der Waals surface area contributed by atoms with Gasteiger partial charge in [0.25, 0.3) is 0 Å². The first kappa shape index (κ1) is 13.9. The molecule has 1 aromatic carbocycles. The molecule has 90 valence electrons. The van der Waals surface area contributed by atoms with Crippen molar-refractivity contribution in [1.82, 2.24) is 0 Å². The van der Waals surface area contributed by atoms with E-state index in [4.69, 9.17) is 11.6 Å². The van der Waals surface area contributed by atoms with Gasteiger partial charge in [0.2, 0.25) is 0 Å². The van der Waals surface area contributed by atoms with Gasteiger partial charge in [-0.05, 0) is 44.0 Å². The van der Waals surface area contributed by atoms with E-state index in [1.165, 1.54) is 11.3 Å². The molecule has 0 aliphatic rings. The van der Waals surface area contributed by atoms with Crippen LogP contribution in [0.3, 0.4) is 0 Å². The summed E-state index contributed by atoms with van der Waals surface area (Å²) >= 11 is 9.52. The quantitative estimate of drug-likeness (QED) is 0.718. The third-order valence-corrected chi connectivity index (χ3v) is 4.16. The molecule has 0 N–H and O–H groups in total. The van der Waals surface area contributed by atoms with Crippen molar-refractivity contribution in [3.8, 4) is 0 Å². The van der Waals surface area contributed by atoms with Gasteiger partial charge < -0.3 is 4.90 Å². The van der Waals surface area contributed by atoms with Crippen LogP contribution >= 0.6 is 27.5 Å². The number of alkyl halides is 1. The summed E-state index contributed by atoms with van der Waals surface area (Å²) in [6.07, 6.45) is 1.11. The maximum atomic E-state index is 6.01. The van der Waals surface area contributed by atoms with Crippen molar-refractivity contribution in [2.75, 3.05) is 11.9 Å². The van der Waals surface area contributed by atoms with Crippen LogP contribution in [0.5, 0.6) is 0 Å². The predicted molar refractivity (Wildman–Crippen MR) is 76.9 cm³/mol. The molecular weight excluding hydrogens is 286 g/mol. The third-order valence-electron chi connectivity index (χ3n) is 3.32. The number of rotatable bonds is 4. The summed E-state index contributed by atoms with van der Waals surface area (Å²) in [6, 6.07) is 6.06. The van der Waals surface area contributed by atoms with Gasteiger partial charge in [0.15, 0.2) is 0 Å². The lowest BCUT2D eigenvalue weighted by Gasteiger charge is -2.38. The highest BCUT2D eigenvalue weighted by Crippen LogP contribution is 2.31. The number of hydrogen-bond acceptors (Lipinski definition) is 1. The molecule has 0 aromatic heterocycles. The van der Waals surface area contributed by atoms with Crippen molar-refractivity contribution in [3.63, 3.8) is 0 Å². The Morgan fingerprint density at radius 1 is 1.38 bits per heavy atom. The molecule has 0 aliphatic carbocycles. The van der Waals surface area contributed by atoms with Gasteiger partial charge in [-0.1, -0.05) is 34.5 Å². The first-order chi connectivity index (χ1) is 7.42. The van der Waals surface area contributed by atoms with E-state index >= 15 is 0 Å². The Kier molecular flexibility index (Phi) is 4.69. The minimum atomic E-state index is 0.157. The summed E-state index contributed by atoms with van der Waals surface area (Å²) in [7, 11) is 2.14. The number of benzene rings is 1. The van der Waals surface area contributed by atoms with E-state index in [0.717, 1.165) is 16.8 Å². The molecule has 0 saturated carbocycles. The maximum Gasteiger partial charge on any atom is 0.0410 e. The monoisotopic (exact) mass is 303 g/mol. The smallest absolute Gasteiger partial charge is 0.0410 e. The van der Waals surface area contributed by atoms with Gasteiger partial charge >= 0.3 is 0 Å². The van der Waals surface area contributed by atoms with E-state index in [-0.39, 0.29) is 5.54 Å². The molecule has 0 atom stereocenters. The Hall–Kier alpha value is -0.210. The Labute approximate surface area is 112 Å². The summed E-state index contributed by atoms with van der Waals surface area (Å²) < 4.78 is 0. The van der Waals surface area contributed by atoms with Gasteiger partial charge in [-0.3, -0.25) is 0 Å². The number of hydrogen-bond donors (Lipinski definition) is 0. The Balaban J connectivity index is 3.13. The van der Waals surface area contributed by atoms with E-state index in [1.807, 2.05) is 12.1 Å². The molecule has 0 amide bonds. The molecule has 16 heavy (non-hydrogen) atoms. The van der Waals surface area contributed by atoms with Crippen molar-refractivity contribution in [3.05, 3.63) is 28.8 Å². The van der Waals surface area contributed by atoms with Crippen LogP contribution in [-0.4, -0.2) is 12.6 Å². The van der Waals surface area contributed by atoms with Crippen LogP contribution in [0.2, 0.25) is 5.02 Å². The molecule has 0 heterocycles. The summed E-state index contributed by atoms with van der Waals surface area (Å²) in [4.78, 5) is 2.32. The fourth-order valence-corrected chi connectivity index (χ4v) is 2.20. The van der Waals surface area contributed by atoms with Crippen LogP contribution in [0.15, 0.2) is 18.2 Å². The predicted octanol–water partition coefficient (Wildman–Crippen LogP) is 4.86. The molecule has 0 unspecified atom stereocenters. The zero-order valence-electron chi connectivity index (χ0n) is 10.3. The highest BCUT2D eigenvalue weighted by atomic mass is 79.9. The van der Waals surface area contributed by atoms with Crippen molar-refractivity contribution < 1.29 is 0 Å². The average molecular weight is 305 g/mol. The van der Waals surface area contributed by atoms with Crippen molar-refractivity contribution in [2.45, 2.75) is 38.1 Å². The minimum absolute atomic E-state index is 0.157. The highest BCUT2D eigenvalue weighted by Gasteiger charge is 2.23. The molecule has 1 nitrogen and oxygen atoms in total.